The van der Waals surface area contributed by atoms with Gasteiger partial charge in [-0.2, -0.15) is 0 Å². The molecule has 0 aromatic heterocycles. The Morgan fingerprint density at radius 3 is 2.93 bits per heavy atom. The number of rotatable bonds is 3. The van der Waals surface area contributed by atoms with Gasteiger partial charge in [-0.3, -0.25) is 0 Å². The van der Waals surface area contributed by atoms with Crippen molar-refractivity contribution in [3.63, 3.8) is 0 Å². The van der Waals surface area contributed by atoms with E-state index in [-0.39, 0.29) is 5.97 Å². The van der Waals surface area contributed by atoms with Crippen LogP contribution in [0.2, 0.25) is 5.02 Å². The van der Waals surface area contributed by atoms with E-state index in [9.17, 15) is 4.79 Å². The van der Waals surface area contributed by atoms with Crippen LogP contribution < -0.4 is 0 Å². The van der Waals surface area contributed by atoms with E-state index in [0.29, 0.717) is 11.6 Å². The molecular formula is C11H10BrClO2. The summed E-state index contributed by atoms with van der Waals surface area (Å²) in [6.07, 6.45) is 2.99. The van der Waals surface area contributed by atoms with Gasteiger partial charge in [-0.25, -0.2) is 4.79 Å². The Morgan fingerprint density at radius 2 is 2.33 bits per heavy atom. The second-order valence-electron chi connectivity index (χ2n) is 2.75. The first kappa shape index (κ1) is 12.3. The highest BCUT2D eigenvalue weighted by Crippen LogP contribution is 2.22. The van der Waals surface area contributed by atoms with Crippen molar-refractivity contribution in [1.82, 2.24) is 0 Å². The number of carbonyl (C=O) groups excluding carboxylic acids is 1. The molecule has 0 fully saturated rings. The van der Waals surface area contributed by atoms with Gasteiger partial charge in [0.1, 0.15) is 0 Å². The van der Waals surface area contributed by atoms with E-state index in [2.05, 4.69) is 15.9 Å². The predicted octanol–water partition coefficient (Wildman–Crippen LogP) is 3.68. The van der Waals surface area contributed by atoms with Crippen LogP contribution in [0, 0.1) is 0 Å². The fourth-order valence-corrected chi connectivity index (χ4v) is 1.72. The van der Waals surface area contributed by atoms with E-state index in [1.54, 1.807) is 19.1 Å². The van der Waals surface area contributed by atoms with Gasteiger partial charge in [0, 0.05) is 15.6 Å². The van der Waals surface area contributed by atoms with Crippen molar-refractivity contribution in [3.05, 3.63) is 39.3 Å². The Kier molecular flexibility index (Phi) is 4.85. The first-order valence-corrected chi connectivity index (χ1v) is 5.60. The number of carbonyl (C=O) groups is 1. The lowest BCUT2D eigenvalue weighted by atomic mass is 10.2. The Bertz CT molecular complexity index is 388. The van der Waals surface area contributed by atoms with E-state index in [1.807, 2.05) is 12.1 Å². The second kappa shape index (κ2) is 5.93. The molecule has 1 aromatic carbocycles. The standard InChI is InChI=1S/C11H10BrClO2/c1-2-15-11(14)6-4-8-3-5-9(12)7-10(8)13/h3-7H,2H2,1H3. The third-order valence-corrected chi connectivity index (χ3v) is 2.47. The number of ether oxygens (including phenoxy) is 1. The average Bonchev–Trinajstić information content (AvgIpc) is 2.17. The molecule has 80 valence electrons. The Labute approximate surface area is 102 Å². The summed E-state index contributed by atoms with van der Waals surface area (Å²) in [6, 6.07) is 5.45. The number of esters is 1. The molecule has 0 aliphatic heterocycles. The summed E-state index contributed by atoms with van der Waals surface area (Å²) in [5.74, 6) is -0.364. The van der Waals surface area contributed by atoms with Crippen LogP contribution in [0.4, 0.5) is 0 Å². The molecule has 1 aromatic rings. The van der Waals surface area contributed by atoms with Crippen LogP contribution in [0.3, 0.4) is 0 Å². The Hall–Kier alpha value is -0.800. The van der Waals surface area contributed by atoms with E-state index in [0.717, 1.165) is 10.0 Å². The molecule has 1 rings (SSSR count). The Morgan fingerprint density at radius 1 is 1.60 bits per heavy atom. The van der Waals surface area contributed by atoms with Gasteiger partial charge in [-0.15, -0.1) is 0 Å². The summed E-state index contributed by atoms with van der Waals surface area (Å²) in [4.78, 5) is 11.0. The molecule has 0 saturated heterocycles. The van der Waals surface area contributed by atoms with Crippen LogP contribution in [0.1, 0.15) is 12.5 Å². The number of halogens is 2. The summed E-state index contributed by atoms with van der Waals surface area (Å²) >= 11 is 9.26. The molecule has 0 aliphatic carbocycles. The highest BCUT2D eigenvalue weighted by molar-refractivity contribution is 9.10. The molecule has 0 heterocycles. The smallest absolute Gasteiger partial charge is 0.330 e. The minimum absolute atomic E-state index is 0.364. The van der Waals surface area contributed by atoms with E-state index in [1.165, 1.54) is 6.08 Å². The zero-order valence-electron chi connectivity index (χ0n) is 8.17. The largest absolute Gasteiger partial charge is 0.463 e. The van der Waals surface area contributed by atoms with Crippen molar-refractivity contribution >= 4 is 39.6 Å². The Balaban J connectivity index is 2.76. The fourth-order valence-electron chi connectivity index (χ4n) is 0.985. The average molecular weight is 290 g/mol. The summed E-state index contributed by atoms with van der Waals surface area (Å²) in [5, 5.41) is 0.588. The third-order valence-electron chi connectivity index (χ3n) is 1.65. The van der Waals surface area contributed by atoms with Gasteiger partial charge in [-0.1, -0.05) is 33.6 Å². The summed E-state index contributed by atoms with van der Waals surface area (Å²) < 4.78 is 5.65. The van der Waals surface area contributed by atoms with Crippen LogP contribution >= 0.6 is 27.5 Å². The molecule has 15 heavy (non-hydrogen) atoms. The number of hydrogen-bond donors (Lipinski definition) is 0. The first-order valence-electron chi connectivity index (χ1n) is 4.43. The maximum Gasteiger partial charge on any atom is 0.330 e. The first-order chi connectivity index (χ1) is 7.13. The molecule has 0 unspecified atom stereocenters. The SMILES string of the molecule is CCOC(=O)C=Cc1ccc(Br)cc1Cl. The highest BCUT2D eigenvalue weighted by atomic mass is 79.9. The van der Waals surface area contributed by atoms with Crippen molar-refractivity contribution in [2.45, 2.75) is 6.92 Å². The third kappa shape index (κ3) is 4.06. The van der Waals surface area contributed by atoms with Gasteiger partial charge in [0.15, 0.2) is 0 Å². The highest BCUT2D eigenvalue weighted by Gasteiger charge is 1.99. The van der Waals surface area contributed by atoms with Gasteiger partial charge in [0.05, 0.1) is 6.61 Å². The minimum atomic E-state index is -0.364. The van der Waals surface area contributed by atoms with Gasteiger partial charge in [0.2, 0.25) is 0 Å². The fraction of sp³-hybridized carbons (Fsp3) is 0.182. The van der Waals surface area contributed by atoms with Gasteiger partial charge in [0.25, 0.3) is 0 Å². The molecule has 0 atom stereocenters. The normalized spacial score (nSPS) is 10.6. The molecule has 2 nitrogen and oxygen atoms in total. The molecular weight excluding hydrogens is 279 g/mol. The van der Waals surface area contributed by atoms with Crippen LogP contribution in [0.25, 0.3) is 6.08 Å². The second-order valence-corrected chi connectivity index (χ2v) is 4.07. The minimum Gasteiger partial charge on any atom is -0.463 e. The topological polar surface area (TPSA) is 26.3 Å². The molecule has 4 heteroatoms. The quantitative estimate of drug-likeness (QED) is 0.627. The molecule has 0 amide bonds. The number of benzene rings is 1. The lowest BCUT2D eigenvalue weighted by Gasteiger charge is -1.99. The lowest BCUT2D eigenvalue weighted by molar-refractivity contribution is -0.137. The van der Waals surface area contributed by atoms with Crippen molar-refractivity contribution in [2.24, 2.45) is 0 Å². The molecule has 0 saturated carbocycles. The van der Waals surface area contributed by atoms with Crippen LogP contribution in [-0.4, -0.2) is 12.6 Å². The maximum atomic E-state index is 11.0. The predicted molar refractivity (Wildman–Crippen MR) is 64.8 cm³/mol. The monoisotopic (exact) mass is 288 g/mol. The molecule has 0 spiro atoms. The van der Waals surface area contributed by atoms with Gasteiger partial charge >= 0.3 is 5.97 Å². The molecule has 0 radical (unpaired) electrons. The lowest BCUT2D eigenvalue weighted by Crippen LogP contribution is -1.98. The van der Waals surface area contributed by atoms with Crippen LogP contribution in [0.15, 0.2) is 28.7 Å². The van der Waals surface area contributed by atoms with Crippen molar-refractivity contribution < 1.29 is 9.53 Å². The van der Waals surface area contributed by atoms with E-state index >= 15 is 0 Å². The van der Waals surface area contributed by atoms with Crippen LogP contribution in [-0.2, 0) is 9.53 Å². The van der Waals surface area contributed by atoms with E-state index < -0.39 is 0 Å². The molecule has 0 bridgehead atoms. The molecule has 0 N–H and O–H groups in total. The van der Waals surface area contributed by atoms with Crippen LogP contribution in [0.5, 0.6) is 0 Å². The number of hydrogen-bond acceptors (Lipinski definition) is 2. The van der Waals surface area contributed by atoms with Gasteiger partial charge < -0.3 is 4.74 Å². The van der Waals surface area contributed by atoms with Crippen molar-refractivity contribution in [1.29, 1.82) is 0 Å². The zero-order valence-corrected chi connectivity index (χ0v) is 10.5. The zero-order chi connectivity index (χ0) is 11.3. The summed E-state index contributed by atoms with van der Waals surface area (Å²) in [6.45, 7) is 2.13. The maximum absolute atomic E-state index is 11.0. The summed E-state index contributed by atoms with van der Waals surface area (Å²) in [5.41, 5.74) is 0.785. The van der Waals surface area contributed by atoms with Crippen molar-refractivity contribution in [2.75, 3.05) is 6.61 Å². The van der Waals surface area contributed by atoms with Crippen molar-refractivity contribution in [3.8, 4) is 0 Å². The molecule has 0 aliphatic rings. The van der Waals surface area contributed by atoms with Gasteiger partial charge in [-0.05, 0) is 30.7 Å². The van der Waals surface area contributed by atoms with E-state index in [4.69, 9.17) is 16.3 Å². The summed E-state index contributed by atoms with van der Waals surface area (Å²) in [7, 11) is 0.